The largest absolute Gasteiger partial charge is 0.493 e. The van der Waals surface area contributed by atoms with E-state index in [0.717, 1.165) is 44.0 Å². The maximum atomic E-state index is 5.62. The lowest BCUT2D eigenvalue weighted by Gasteiger charge is -2.09. The molecule has 1 rings (SSSR count). The van der Waals surface area contributed by atoms with Crippen LogP contribution in [0.4, 0.5) is 0 Å². The molecule has 0 radical (unpaired) electrons. The lowest BCUT2D eigenvalue weighted by Crippen LogP contribution is -2.20. The molecule has 1 aromatic carbocycles. The van der Waals surface area contributed by atoms with Crippen LogP contribution in [-0.4, -0.2) is 26.3 Å². The molecule has 0 saturated heterocycles. The highest BCUT2D eigenvalue weighted by Gasteiger charge is 1.97. The molecule has 0 aromatic heterocycles. The highest BCUT2D eigenvalue weighted by atomic mass is 35.5. The third-order valence-corrected chi connectivity index (χ3v) is 2.37. The van der Waals surface area contributed by atoms with E-state index in [1.54, 1.807) is 0 Å². The van der Waals surface area contributed by atoms with Crippen LogP contribution >= 0.6 is 12.4 Å². The number of rotatable bonds is 9. The molecular weight excluding hydrogens is 250 g/mol. The first-order valence-electron chi connectivity index (χ1n) is 6.43. The van der Waals surface area contributed by atoms with E-state index in [-0.39, 0.29) is 12.4 Å². The van der Waals surface area contributed by atoms with Gasteiger partial charge in [-0.3, -0.25) is 0 Å². The molecule has 0 aliphatic heterocycles. The monoisotopic (exact) mass is 273 g/mol. The van der Waals surface area contributed by atoms with Gasteiger partial charge in [-0.15, -0.1) is 12.4 Å². The minimum absolute atomic E-state index is 0. The van der Waals surface area contributed by atoms with E-state index in [0.29, 0.717) is 6.61 Å². The third kappa shape index (κ3) is 7.41. The van der Waals surface area contributed by atoms with Crippen LogP contribution in [0.25, 0.3) is 0 Å². The highest BCUT2D eigenvalue weighted by Crippen LogP contribution is 2.19. The van der Waals surface area contributed by atoms with Crippen LogP contribution in [0, 0.1) is 0 Å². The van der Waals surface area contributed by atoms with Crippen LogP contribution in [0.1, 0.15) is 26.7 Å². The fourth-order valence-electron chi connectivity index (χ4n) is 1.41. The molecule has 0 amide bonds. The Morgan fingerprint density at radius 3 is 2.33 bits per heavy atom. The van der Waals surface area contributed by atoms with Crippen molar-refractivity contribution in [3.63, 3.8) is 0 Å². The van der Waals surface area contributed by atoms with E-state index in [9.17, 15) is 0 Å². The van der Waals surface area contributed by atoms with Crippen molar-refractivity contribution in [1.82, 2.24) is 5.32 Å². The first kappa shape index (κ1) is 17.1. The lowest BCUT2D eigenvalue weighted by molar-refractivity contribution is 0.297. The zero-order chi connectivity index (χ0) is 12.3. The number of halogens is 1. The minimum Gasteiger partial charge on any atom is -0.493 e. The summed E-state index contributed by atoms with van der Waals surface area (Å²) in [5.74, 6) is 1.76. The summed E-state index contributed by atoms with van der Waals surface area (Å²) < 4.78 is 11.2. The molecule has 18 heavy (non-hydrogen) atoms. The molecule has 0 saturated carbocycles. The quantitative estimate of drug-likeness (QED) is 0.701. The Balaban J connectivity index is 0.00000289. The van der Waals surface area contributed by atoms with E-state index in [1.165, 1.54) is 0 Å². The number of hydrogen-bond donors (Lipinski definition) is 1. The molecule has 0 unspecified atom stereocenters. The molecular formula is C14H24ClNO2. The Hall–Kier alpha value is -0.930. The van der Waals surface area contributed by atoms with Crippen molar-refractivity contribution in [1.29, 1.82) is 0 Å². The molecule has 1 aromatic rings. The van der Waals surface area contributed by atoms with Gasteiger partial charge in [-0.1, -0.05) is 26.3 Å². The Morgan fingerprint density at radius 1 is 1.06 bits per heavy atom. The van der Waals surface area contributed by atoms with Crippen LogP contribution in [-0.2, 0) is 0 Å². The SMILES string of the molecule is CCCCOc1cccc(OCCNCC)c1.Cl. The summed E-state index contributed by atoms with van der Waals surface area (Å²) in [5, 5.41) is 3.22. The lowest BCUT2D eigenvalue weighted by atomic mass is 10.3. The normalized spacial score (nSPS) is 9.67. The predicted octanol–water partition coefficient (Wildman–Crippen LogP) is 3.28. The second-order valence-corrected chi connectivity index (χ2v) is 3.88. The summed E-state index contributed by atoms with van der Waals surface area (Å²) in [5.41, 5.74) is 0. The van der Waals surface area contributed by atoms with Gasteiger partial charge in [0.25, 0.3) is 0 Å². The molecule has 0 heterocycles. The standard InChI is InChI=1S/C14H23NO2.ClH/c1-3-5-10-16-13-7-6-8-14(12-13)17-11-9-15-4-2;/h6-8,12,15H,3-5,9-11H2,1-2H3;1H. The smallest absolute Gasteiger partial charge is 0.123 e. The van der Waals surface area contributed by atoms with Gasteiger partial charge in [-0.2, -0.15) is 0 Å². The maximum absolute atomic E-state index is 5.62. The predicted molar refractivity (Wildman–Crippen MR) is 78.1 cm³/mol. The number of hydrogen-bond acceptors (Lipinski definition) is 3. The van der Waals surface area contributed by atoms with Gasteiger partial charge in [-0.25, -0.2) is 0 Å². The van der Waals surface area contributed by atoms with Gasteiger partial charge in [0.15, 0.2) is 0 Å². The zero-order valence-electron chi connectivity index (χ0n) is 11.3. The van der Waals surface area contributed by atoms with Crippen LogP contribution in [0.3, 0.4) is 0 Å². The Morgan fingerprint density at radius 2 is 1.72 bits per heavy atom. The summed E-state index contributed by atoms with van der Waals surface area (Å²) in [6.45, 7) is 7.55. The minimum atomic E-state index is 0. The summed E-state index contributed by atoms with van der Waals surface area (Å²) in [6, 6.07) is 7.83. The van der Waals surface area contributed by atoms with Crippen LogP contribution in [0.5, 0.6) is 11.5 Å². The molecule has 104 valence electrons. The van der Waals surface area contributed by atoms with Gasteiger partial charge in [-0.05, 0) is 25.1 Å². The number of benzene rings is 1. The molecule has 0 bridgehead atoms. The Bertz CT molecular complexity index is 308. The van der Waals surface area contributed by atoms with Crippen molar-refractivity contribution in [2.24, 2.45) is 0 Å². The van der Waals surface area contributed by atoms with Crippen molar-refractivity contribution >= 4 is 12.4 Å². The second-order valence-electron chi connectivity index (χ2n) is 3.88. The molecule has 0 aliphatic rings. The topological polar surface area (TPSA) is 30.5 Å². The van der Waals surface area contributed by atoms with Crippen LogP contribution in [0.2, 0.25) is 0 Å². The highest BCUT2D eigenvalue weighted by molar-refractivity contribution is 5.85. The van der Waals surface area contributed by atoms with Gasteiger partial charge in [0.2, 0.25) is 0 Å². The number of ether oxygens (including phenoxy) is 2. The second kappa shape index (κ2) is 11.2. The van der Waals surface area contributed by atoms with Crippen molar-refractivity contribution in [2.75, 3.05) is 26.3 Å². The van der Waals surface area contributed by atoms with Gasteiger partial charge in [0.1, 0.15) is 18.1 Å². The average Bonchev–Trinajstić information content (AvgIpc) is 2.36. The van der Waals surface area contributed by atoms with E-state index >= 15 is 0 Å². The van der Waals surface area contributed by atoms with Gasteiger partial charge in [0, 0.05) is 12.6 Å². The van der Waals surface area contributed by atoms with Crippen molar-refractivity contribution in [3.8, 4) is 11.5 Å². The molecule has 1 N–H and O–H groups in total. The molecule has 0 aliphatic carbocycles. The van der Waals surface area contributed by atoms with E-state index in [4.69, 9.17) is 9.47 Å². The Labute approximate surface area is 116 Å². The molecule has 0 atom stereocenters. The molecule has 0 spiro atoms. The van der Waals surface area contributed by atoms with E-state index in [2.05, 4.69) is 19.2 Å². The number of nitrogens with one attached hydrogen (secondary N) is 1. The first-order chi connectivity index (χ1) is 8.36. The Kier molecular flexibility index (Phi) is 10.6. The summed E-state index contributed by atoms with van der Waals surface area (Å²) >= 11 is 0. The van der Waals surface area contributed by atoms with Crippen molar-refractivity contribution in [3.05, 3.63) is 24.3 Å². The maximum Gasteiger partial charge on any atom is 0.123 e. The third-order valence-electron chi connectivity index (χ3n) is 2.37. The number of unbranched alkanes of at least 4 members (excludes halogenated alkanes) is 1. The summed E-state index contributed by atoms with van der Waals surface area (Å²) in [4.78, 5) is 0. The van der Waals surface area contributed by atoms with Gasteiger partial charge >= 0.3 is 0 Å². The fourth-order valence-corrected chi connectivity index (χ4v) is 1.41. The zero-order valence-corrected chi connectivity index (χ0v) is 12.1. The average molecular weight is 274 g/mol. The van der Waals surface area contributed by atoms with Crippen molar-refractivity contribution in [2.45, 2.75) is 26.7 Å². The van der Waals surface area contributed by atoms with E-state index in [1.807, 2.05) is 24.3 Å². The summed E-state index contributed by atoms with van der Waals surface area (Å²) in [7, 11) is 0. The molecule has 4 heteroatoms. The summed E-state index contributed by atoms with van der Waals surface area (Å²) in [6.07, 6.45) is 2.24. The van der Waals surface area contributed by atoms with Gasteiger partial charge in [0.05, 0.1) is 6.61 Å². The number of likely N-dealkylation sites (N-methyl/N-ethyl adjacent to an activating group) is 1. The van der Waals surface area contributed by atoms with Crippen LogP contribution < -0.4 is 14.8 Å². The first-order valence-corrected chi connectivity index (χ1v) is 6.43. The fraction of sp³-hybridized carbons (Fsp3) is 0.571. The molecule has 0 fully saturated rings. The van der Waals surface area contributed by atoms with Gasteiger partial charge < -0.3 is 14.8 Å². The van der Waals surface area contributed by atoms with Crippen LogP contribution in [0.15, 0.2) is 24.3 Å². The van der Waals surface area contributed by atoms with E-state index < -0.39 is 0 Å². The molecule has 3 nitrogen and oxygen atoms in total. The van der Waals surface area contributed by atoms with Crippen molar-refractivity contribution < 1.29 is 9.47 Å².